The summed E-state index contributed by atoms with van der Waals surface area (Å²) in [5, 5.41) is 2.00. The first kappa shape index (κ1) is 15.7. The van der Waals surface area contributed by atoms with Crippen LogP contribution in [0.15, 0.2) is 36.4 Å². The summed E-state index contributed by atoms with van der Waals surface area (Å²) < 4.78 is 23.7. The lowest BCUT2D eigenvalue weighted by molar-refractivity contribution is -0.115. The average molecular weight is 302 g/mol. The third-order valence-corrected chi connectivity index (χ3v) is 4.78. The van der Waals surface area contributed by atoms with E-state index < -0.39 is 21.0 Å². The predicted molar refractivity (Wildman–Crippen MR) is 78.1 cm³/mol. The van der Waals surface area contributed by atoms with Crippen LogP contribution in [-0.2, 0) is 14.6 Å². The molecule has 0 heterocycles. The molecule has 0 fully saturated rings. The van der Waals surface area contributed by atoms with E-state index in [9.17, 15) is 13.2 Å². The van der Waals surface area contributed by atoms with Crippen molar-refractivity contribution in [2.45, 2.75) is 19.1 Å². The molecule has 0 saturated heterocycles. The van der Waals surface area contributed by atoms with Crippen molar-refractivity contribution in [3.05, 3.63) is 41.4 Å². The monoisotopic (exact) mass is 301 g/mol. The van der Waals surface area contributed by atoms with E-state index in [0.29, 0.717) is 10.7 Å². The molecule has 6 heteroatoms. The molecule has 1 rings (SSSR count). The van der Waals surface area contributed by atoms with Gasteiger partial charge in [0.05, 0.1) is 5.75 Å². The van der Waals surface area contributed by atoms with Gasteiger partial charge in [-0.05, 0) is 38.1 Å². The molecule has 0 aromatic heterocycles. The summed E-state index contributed by atoms with van der Waals surface area (Å²) in [4.78, 5) is 11.9. The van der Waals surface area contributed by atoms with Crippen LogP contribution in [0.25, 0.3) is 0 Å². The van der Waals surface area contributed by atoms with Crippen LogP contribution in [0, 0.1) is 0 Å². The van der Waals surface area contributed by atoms with Crippen molar-refractivity contribution >= 4 is 33.0 Å². The number of halogens is 1. The van der Waals surface area contributed by atoms with Crippen molar-refractivity contribution < 1.29 is 13.2 Å². The Balaban J connectivity index is 2.75. The van der Waals surface area contributed by atoms with Crippen molar-refractivity contribution in [1.29, 1.82) is 0 Å². The minimum absolute atomic E-state index is 0.140. The van der Waals surface area contributed by atoms with Crippen molar-refractivity contribution in [3.8, 4) is 0 Å². The van der Waals surface area contributed by atoms with Gasteiger partial charge in [-0.2, -0.15) is 0 Å². The molecule has 0 aliphatic rings. The highest BCUT2D eigenvalue weighted by Gasteiger charge is 2.26. The SMILES string of the molecule is C/C=C\CS(=O)(=O)[C@H](C)C(=O)Nc1ccc(Cl)cc1. The van der Waals surface area contributed by atoms with Crippen LogP contribution in [0.1, 0.15) is 13.8 Å². The Morgan fingerprint density at radius 2 is 1.95 bits per heavy atom. The van der Waals surface area contributed by atoms with Crippen molar-refractivity contribution in [2.24, 2.45) is 0 Å². The molecule has 104 valence electrons. The Morgan fingerprint density at radius 1 is 1.37 bits per heavy atom. The van der Waals surface area contributed by atoms with E-state index in [0.717, 1.165) is 0 Å². The van der Waals surface area contributed by atoms with Crippen LogP contribution in [0.3, 0.4) is 0 Å². The Bertz CT molecular complexity index is 564. The smallest absolute Gasteiger partial charge is 0.242 e. The number of carbonyl (C=O) groups excluding carboxylic acids is 1. The van der Waals surface area contributed by atoms with Gasteiger partial charge in [0.1, 0.15) is 5.25 Å². The highest BCUT2D eigenvalue weighted by atomic mass is 35.5. The molecule has 19 heavy (non-hydrogen) atoms. The van der Waals surface area contributed by atoms with Crippen molar-refractivity contribution in [2.75, 3.05) is 11.1 Å². The van der Waals surface area contributed by atoms with Gasteiger partial charge in [0.2, 0.25) is 5.91 Å². The number of sulfone groups is 1. The standard InChI is InChI=1S/C13H16ClNO3S/c1-3-4-9-19(17,18)10(2)13(16)15-12-7-5-11(14)6-8-12/h3-8,10H,9H2,1-2H3,(H,15,16)/b4-3-/t10-/m1/s1. The van der Waals surface area contributed by atoms with E-state index in [-0.39, 0.29) is 5.75 Å². The largest absolute Gasteiger partial charge is 0.325 e. The number of benzene rings is 1. The van der Waals surface area contributed by atoms with Crippen LogP contribution in [-0.4, -0.2) is 25.3 Å². The fraction of sp³-hybridized carbons (Fsp3) is 0.308. The van der Waals surface area contributed by atoms with Crippen molar-refractivity contribution in [1.82, 2.24) is 0 Å². The van der Waals surface area contributed by atoms with E-state index in [1.165, 1.54) is 13.0 Å². The van der Waals surface area contributed by atoms with Gasteiger partial charge < -0.3 is 5.32 Å². The fourth-order valence-corrected chi connectivity index (χ4v) is 2.58. The number of hydrogen-bond donors (Lipinski definition) is 1. The quantitative estimate of drug-likeness (QED) is 0.850. The molecular formula is C13H16ClNO3S. The maximum Gasteiger partial charge on any atom is 0.242 e. The van der Waals surface area contributed by atoms with Crippen molar-refractivity contribution in [3.63, 3.8) is 0 Å². The number of amides is 1. The summed E-state index contributed by atoms with van der Waals surface area (Å²) in [5.74, 6) is -0.689. The first-order valence-corrected chi connectivity index (χ1v) is 7.85. The van der Waals surface area contributed by atoms with Crippen LogP contribution >= 0.6 is 11.6 Å². The fourth-order valence-electron chi connectivity index (χ4n) is 1.31. The minimum Gasteiger partial charge on any atom is -0.325 e. The minimum atomic E-state index is -3.47. The Labute approximate surface area is 118 Å². The van der Waals surface area contributed by atoms with Crippen LogP contribution in [0.4, 0.5) is 5.69 Å². The van der Waals surface area contributed by atoms with E-state index in [1.54, 1.807) is 37.3 Å². The number of hydrogen-bond acceptors (Lipinski definition) is 3. The summed E-state index contributed by atoms with van der Waals surface area (Å²) in [6, 6.07) is 6.48. The first-order valence-electron chi connectivity index (χ1n) is 5.76. The Hall–Kier alpha value is -1.33. The lowest BCUT2D eigenvalue weighted by Crippen LogP contribution is -2.33. The summed E-state index contributed by atoms with van der Waals surface area (Å²) in [6.07, 6.45) is 3.16. The van der Waals surface area contributed by atoms with Gasteiger partial charge in [0.15, 0.2) is 9.84 Å². The van der Waals surface area contributed by atoms with Crippen LogP contribution in [0.2, 0.25) is 5.02 Å². The summed E-state index contributed by atoms with van der Waals surface area (Å²) >= 11 is 5.72. The second kappa shape index (κ2) is 6.73. The number of allylic oxidation sites excluding steroid dienone is 1. The number of rotatable bonds is 5. The number of anilines is 1. The third-order valence-electron chi connectivity index (χ3n) is 2.58. The first-order chi connectivity index (χ1) is 8.86. The second-order valence-corrected chi connectivity index (χ2v) is 6.84. The molecule has 4 nitrogen and oxygen atoms in total. The molecule has 0 unspecified atom stereocenters. The number of nitrogens with one attached hydrogen (secondary N) is 1. The zero-order chi connectivity index (χ0) is 14.5. The summed E-state index contributed by atoms with van der Waals surface area (Å²) in [6.45, 7) is 3.11. The Kier molecular flexibility index (Phi) is 5.57. The highest BCUT2D eigenvalue weighted by molar-refractivity contribution is 7.92. The van der Waals surface area contributed by atoms with E-state index in [2.05, 4.69) is 5.32 Å². The normalized spacial score (nSPS) is 13.4. The third kappa shape index (κ3) is 4.69. The molecule has 0 radical (unpaired) electrons. The van der Waals surface area contributed by atoms with Gasteiger partial charge >= 0.3 is 0 Å². The molecule has 1 N–H and O–H groups in total. The van der Waals surface area contributed by atoms with Crippen LogP contribution < -0.4 is 5.32 Å². The van der Waals surface area contributed by atoms with E-state index in [1.807, 2.05) is 0 Å². The maximum atomic E-state index is 11.9. The molecule has 0 aliphatic heterocycles. The van der Waals surface area contributed by atoms with E-state index in [4.69, 9.17) is 11.6 Å². The van der Waals surface area contributed by atoms with Crippen LogP contribution in [0.5, 0.6) is 0 Å². The van der Waals surface area contributed by atoms with Gasteiger partial charge in [0.25, 0.3) is 0 Å². The molecule has 1 aromatic carbocycles. The summed E-state index contributed by atoms with van der Waals surface area (Å²) in [7, 11) is -3.47. The predicted octanol–water partition coefficient (Wildman–Crippen LogP) is 2.66. The lowest BCUT2D eigenvalue weighted by Gasteiger charge is -2.12. The van der Waals surface area contributed by atoms with Gasteiger partial charge in [-0.25, -0.2) is 8.42 Å². The van der Waals surface area contributed by atoms with Gasteiger partial charge in [-0.3, -0.25) is 4.79 Å². The molecule has 1 aromatic rings. The molecule has 0 bridgehead atoms. The zero-order valence-electron chi connectivity index (χ0n) is 10.8. The highest BCUT2D eigenvalue weighted by Crippen LogP contribution is 2.14. The molecule has 0 saturated carbocycles. The Morgan fingerprint density at radius 3 is 2.47 bits per heavy atom. The second-order valence-electron chi connectivity index (χ2n) is 4.04. The lowest BCUT2D eigenvalue weighted by atomic mass is 10.3. The average Bonchev–Trinajstić information content (AvgIpc) is 2.38. The maximum absolute atomic E-state index is 11.9. The zero-order valence-corrected chi connectivity index (χ0v) is 12.3. The molecule has 0 aliphatic carbocycles. The molecule has 1 atom stereocenters. The molecular weight excluding hydrogens is 286 g/mol. The number of carbonyl (C=O) groups is 1. The molecule has 0 spiro atoms. The van der Waals surface area contributed by atoms with E-state index >= 15 is 0 Å². The van der Waals surface area contributed by atoms with Gasteiger partial charge in [-0.15, -0.1) is 0 Å². The summed E-state index contributed by atoms with van der Waals surface area (Å²) in [5.41, 5.74) is 0.516. The van der Waals surface area contributed by atoms with Gasteiger partial charge in [-0.1, -0.05) is 23.8 Å². The van der Waals surface area contributed by atoms with Gasteiger partial charge in [0, 0.05) is 10.7 Å². The topological polar surface area (TPSA) is 63.2 Å². The molecule has 1 amide bonds.